The van der Waals surface area contributed by atoms with Crippen LogP contribution in [0.3, 0.4) is 0 Å². The van der Waals surface area contributed by atoms with E-state index in [9.17, 15) is 9.59 Å². The van der Waals surface area contributed by atoms with Crippen molar-refractivity contribution in [2.45, 2.75) is 5.92 Å². The van der Waals surface area contributed by atoms with E-state index in [0.29, 0.717) is 28.6 Å². The number of rotatable bonds is 7. The van der Waals surface area contributed by atoms with E-state index < -0.39 is 23.8 Å². The number of esters is 2. The lowest BCUT2D eigenvalue weighted by Gasteiger charge is -2.33. The van der Waals surface area contributed by atoms with E-state index in [4.69, 9.17) is 28.4 Å². The summed E-state index contributed by atoms with van der Waals surface area (Å²) in [6.07, 6.45) is 1.63. The topological polar surface area (TPSA) is 89.5 Å². The lowest BCUT2D eigenvalue weighted by atomic mass is 9.71. The van der Waals surface area contributed by atoms with Gasteiger partial charge >= 0.3 is 11.9 Å². The maximum atomic E-state index is 13.0. The number of carbonyl (C=O) groups excluding carboxylic acids is 2. The van der Waals surface area contributed by atoms with E-state index in [-0.39, 0.29) is 5.57 Å². The number of carbonyl (C=O) groups is 2. The van der Waals surface area contributed by atoms with Crippen molar-refractivity contribution in [3.63, 3.8) is 0 Å². The van der Waals surface area contributed by atoms with Crippen LogP contribution in [0.25, 0.3) is 6.08 Å². The van der Waals surface area contributed by atoms with Crippen LogP contribution in [-0.4, -0.2) is 54.6 Å². The largest absolute Gasteiger partial charge is 0.493 e. The quantitative estimate of drug-likeness (QED) is 0.604. The van der Waals surface area contributed by atoms with Crippen LogP contribution in [0.5, 0.6) is 23.0 Å². The second kappa shape index (κ2) is 9.64. The molecule has 2 aromatic rings. The zero-order chi connectivity index (χ0) is 23.4. The minimum absolute atomic E-state index is 0.179. The maximum absolute atomic E-state index is 13.0. The Hall–Kier alpha value is -3.68. The van der Waals surface area contributed by atoms with Crippen molar-refractivity contribution in [2.75, 3.05) is 42.7 Å². The Labute approximate surface area is 186 Å². The first-order valence-electron chi connectivity index (χ1n) is 9.79. The van der Waals surface area contributed by atoms with Crippen molar-refractivity contribution in [3.8, 4) is 23.0 Å². The van der Waals surface area contributed by atoms with Crippen LogP contribution in [0.15, 0.2) is 35.9 Å². The van der Waals surface area contributed by atoms with Gasteiger partial charge in [-0.3, -0.25) is 4.79 Å². The van der Waals surface area contributed by atoms with Gasteiger partial charge in [-0.2, -0.15) is 0 Å². The molecular formula is C24H26O8. The van der Waals surface area contributed by atoms with Crippen LogP contribution in [0.1, 0.15) is 22.6 Å². The average Bonchev–Trinajstić information content (AvgIpc) is 2.84. The smallest absolute Gasteiger partial charge is 0.334 e. The second-order valence-electron chi connectivity index (χ2n) is 7.02. The Balaban J connectivity index is 2.34. The van der Waals surface area contributed by atoms with Crippen LogP contribution >= 0.6 is 0 Å². The zero-order valence-electron chi connectivity index (χ0n) is 18.9. The summed E-state index contributed by atoms with van der Waals surface area (Å²) in [5.41, 5.74) is 2.36. The molecule has 2 aromatic carbocycles. The van der Waals surface area contributed by atoms with Crippen LogP contribution in [0, 0.1) is 5.92 Å². The van der Waals surface area contributed by atoms with E-state index in [0.717, 1.165) is 11.1 Å². The molecule has 170 valence electrons. The maximum Gasteiger partial charge on any atom is 0.334 e. The normalized spacial score (nSPS) is 16.9. The van der Waals surface area contributed by atoms with Gasteiger partial charge in [0.05, 0.1) is 54.1 Å². The molecule has 0 fully saturated rings. The molecule has 0 saturated heterocycles. The van der Waals surface area contributed by atoms with Crippen molar-refractivity contribution in [1.82, 2.24) is 0 Å². The molecule has 0 aromatic heterocycles. The van der Waals surface area contributed by atoms with E-state index in [2.05, 4.69) is 0 Å². The number of hydrogen-bond donors (Lipinski definition) is 0. The number of benzene rings is 2. The van der Waals surface area contributed by atoms with Gasteiger partial charge < -0.3 is 28.4 Å². The summed E-state index contributed by atoms with van der Waals surface area (Å²) in [6, 6.07) is 8.91. The fourth-order valence-corrected chi connectivity index (χ4v) is 4.03. The monoisotopic (exact) mass is 442 g/mol. The Morgan fingerprint density at radius 2 is 1.31 bits per heavy atom. The molecular weight excluding hydrogens is 416 g/mol. The highest BCUT2D eigenvalue weighted by Gasteiger charge is 2.42. The summed E-state index contributed by atoms with van der Waals surface area (Å²) in [7, 11) is 8.69. The van der Waals surface area contributed by atoms with Gasteiger partial charge in [0.25, 0.3) is 0 Å². The molecule has 1 aliphatic rings. The molecule has 0 heterocycles. The molecule has 0 saturated carbocycles. The van der Waals surface area contributed by atoms with Crippen molar-refractivity contribution in [1.29, 1.82) is 0 Å². The van der Waals surface area contributed by atoms with Crippen LogP contribution in [-0.2, 0) is 19.1 Å². The van der Waals surface area contributed by atoms with Crippen molar-refractivity contribution < 1.29 is 38.0 Å². The van der Waals surface area contributed by atoms with Gasteiger partial charge in [-0.25, -0.2) is 4.79 Å². The fraction of sp³-hybridized carbons (Fsp3) is 0.333. The van der Waals surface area contributed by atoms with Crippen LogP contribution in [0.2, 0.25) is 0 Å². The van der Waals surface area contributed by atoms with Crippen molar-refractivity contribution in [3.05, 3.63) is 52.6 Å². The first-order valence-corrected chi connectivity index (χ1v) is 9.79. The highest BCUT2D eigenvalue weighted by Crippen LogP contribution is 2.48. The molecule has 0 unspecified atom stereocenters. The minimum Gasteiger partial charge on any atom is -0.493 e. The van der Waals surface area contributed by atoms with Gasteiger partial charge in [0.1, 0.15) is 0 Å². The molecule has 0 aliphatic heterocycles. The summed E-state index contributed by atoms with van der Waals surface area (Å²) in [5.74, 6) is -0.701. The van der Waals surface area contributed by atoms with Crippen LogP contribution in [0.4, 0.5) is 0 Å². The van der Waals surface area contributed by atoms with E-state index in [1.54, 1.807) is 37.5 Å². The number of ether oxygens (including phenoxy) is 6. The number of methoxy groups -OCH3 is 6. The standard InChI is InChI=1S/C24H26O8/c1-27-17-8-7-13(10-18(17)28-2)21-15-12-20(30-4)19(29-3)11-14(15)9-16(23(25)31-5)22(21)24(26)32-6/h7-12,21-22H,1-6H3/t21-,22+/m0/s1. The van der Waals surface area contributed by atoms with Gasteiger partial charge in [-0.15, -0.1) is 0 Å². The SMILES string of the molecule is COC(=O)C1=Cc2cc(OC)c(OC)cc2[C@H](c2ccc(OC)c(OC)c2)[C@@H]1C(=O)OC. The summed E-state index contributed by atoms with van der Waals surface area (Å²) >= 11 is 0. The van der Waals surface area contributed by atoms with Gasteiger partial charge in [0.2, 0.25) is 0 Å². The molecule has 1 aliphatic carbocycles. The first kappa shape index (κ1) is 23.0. The Morgan fingerprint density at radius 1 is 0.719 bits per heavy atom. The van der Waals surface area contributed by atoms with E-state index in [1.807, 2.05) is 6.07 Å². The predicted octanol–water partition coefficient (Wildman–Crippen LogP) is 3.21. The molecule has 0 N–H and O–H groups in total. The third-order valence-corrected chi connectivity index (χ3v) is 5.55. The van der Waals surface area contributed by atoms with Crippen molar-refractivity contribution >= 4 is 18.0 Å². The zero-order valence-corrected chi connectivity index (χ0v) is 18.9. The predicted molar refractivity (Wildman–Crippen MR) is 116 cm³/mol. The highest BCUT2D eigenvalue weighted by molar-refractivity contribution is 6.02. The average molecular weight is 442 g/mol. The third kappa shape index (κ3) is 3.95. The molecule has 0 radical (unpaired) electrons. The molecule has 3 rings (SSSR count). The lowest BCUT2D eigenvalue weighted by molar-refractivity contribution is -0.147. The molecule has 8 nitrogen and oxygen atoms in total. The minimum atomic E-state index is -0.948. The Bertz CT molecular complexity index is 1060. The highest BCUT2D eigenvalue weighted by atomic mass is 16.5. The summed E-state index contributed by atoms with van der Waals surface area (Å²) < 4.78 is 31.8. The van der Waals surface area contributed by atoms with E-state index in [1.165, 1.54) is 35.5 Å². The summed E-state index contributed by atoms with van der Waals surface area (Å²) in [4.78, 5) is 25.7. The van der Waals surface area contributed by atoms with Crippen molar-refractivity contribution in [2.24, 2.45) is 5.92 Å². The molecule has 32 heavy (non-hydrogen) atoms. The van der Waals surface area contributed by atoms with Gasteiger partial charge in [-0.05, 0) is 47.0 Å². The Kier molecular flexibility index (Phi) is 6.92. The molecule has 0 amide bonds. The van der Waals surface area contributed by atoms with Gasteiger partial charge in [0, 0.05) is 5.92 Å². The van der Waals surface area contributed by atoms with Gasteiger partial charge in [0.15, 0.2) is 23.0 Å². The Morgan fingerprint density at radius 3 is 1.88 bits per heavy atom. The number of fused-ring (bicyclic) bond motifs is 1. The second-order valence-corrected chi connectivity index (χ2v) is 7.02. The summed E-state index contributed by atoms with van der Waals surface area (Å²) in [5, 5.41) is 0. The van der Waals surface area contributed by atoms with Crippen LogP contribution < -0.4 is 18.9 Å². The molecule has 2 atom stereocenters. The lowest BCUT2D eigenvalue weighted by Crippen LogP contribution is -2.32. The molecule has 0 bridgehead atoms. The molecule has 0 spiro atoms. The third-order valence-electron chi connectivity index (χ3n) is 5.55. The summed E-state index contributed by atoms with van der Waals surface area (Å²) in [6.45, 7) is 0. The molecule has 8 heteroatoms. The van der Waals surface area contributed by atoms with Gasteiger partial charge in [-0.1, -0.05) is 6.07 Å². The first-order chi connectivity index (χ1) is 15.4. The van der Waals surface area contributed by atoms with E-state index >= 15 is 0 Å². The number of hydrogen-bond acceptors (Lipinski definition) is 8. The fourth-order valence-electron chi connectivity index (χ4n) is 4.03.